The smallest absolute Gasteiger partial charge is 0.0506 e. The van der Waals surface area contributed by atoms with Gasteiger partial charge in [0.05, 0.1) is 6.61 Å². The highest BCUT2D eigenvalue weighted by atomic mass is 16.5. The zero-order chi connectivity index (χ0) is 8.65. The van der Waals surface area contributed by atoms with Crippen molar-refractivity contribution in [3.8, 4) is 0 Å². The van der Waals surface area contributed by atoms with E-state index < -0.39 is 0 Å². The molecule has 1 heterocycles. The number of hydrogen-bond donors (Lipinski definition) is 0. The van der Waals surface area contributed by atoms with E-state index >= 15 is 0 Å². The van der Waals surface area contributed by atoms with E-state index in [1.54, 1.807) is 0 Å². The van der Waals surface area contributed by atoms with Crippen LogP contribution in [0.3, 0.4) is 0 Å². The van der Waals surface area contributed by atoms with Crippen LogP contribution in [-0.2, 0) is 11.2 Å². The molecule has 0 fully saturated rings. The van der Waals surface area contributed by atoms with Gasteiger partial charge in [-0.3, -0.25) is 4.98 Å². The predicted molar refractivity (Wildman–Crippen MR) is 49.1 cm³/mol. The lowest BCUT2D eigenvalue weighted by atomic mass is 10.2. The summed E-state index contributed by atoms with van der Waals surface area (Å²) in [5.74, 6) is 0. The summed E-state index contributed by atoms with van der Waals surface area (Å²) < 4.78 is 5.37. The van der Waals surface area contributed by atoms with Crippen LogP contribution in [0.5, 0.6) is 0 Å². The van der Waals surface area contributed by atoms with E-state index in [0.717, 1.165) is 26.1 Å². The quantitative estimate of drug-likeness (QED) is 0.623. The monoisotopic (exact) mass is 165 g/mol. The standard InChI is InChI=1S/C10H15NO/c1-2-8-12-9-5-10-3-6-11-7-4-10/h3-4,6-7H,2,5,8-9H2,1H3. The molecule has 2 nitrogen and oxygen atoms in total. The van der Waals surface area contributed by atoms with Gasteiger partial charge < -0.3 is 4.74 Å². The third-order valence-electron chi connectivity index (χ3n) is 1.63. The Hall–Kier alpha value is -0.890. The summed E-state index contributed by atoms with van der Waals surface area (Å²) in [6.07, 6.45) is 5.71. The Kier molecular flexibility index (Phi) is 4.39. The van der Waals surface area contributed by atoms with Crippen molar-refractivity contribution in [1.29, 1.82) is 0 Å². The van der Waals surface area contributed by atoms with Gasteiger partial charge in [0.1, 0.15) is 0 Å². The highest BCUT2D eigenvalue weighted by Gasteiger charge is 1.90. The molecule has 66 valence electrons. The Morgan fingerprint density at radius 2 is 2.00 bits per heavy atom. The molecule has 0 aliphatic carbocycles. The van der Waals surface area contributed by atoms with Gasteiger partial charge in [0.2, 0.25) is 0 Å². The van der Waals surface area contributed by atoms with Crippen LogP contribution >= 0.6 is 0 Å². The Morgan fingerprint density at radius 3 is 2.67 bits per heavy atom. The first kappa shape index (κ1) is 9.20. The van der Waals surface area contributed by atoms with Crippen LogP contribution in [0, 0.1) is 0 Å². The maximum atomic E-state index is 5.37. The minimum atomic E-state index is 0.817. The number of ether oxygens (including phenoxy) is 1. The maximum absolute atomic E-state index is 5.37. The summed E-state index contributed by atoms with van der Waals surface area (Å²) in [5, 5.41) is 0. The van der Waals surface area contributed by atoms with Crippen molar-refractivity contribution in [2.45, 2.75) is 19.8 Å². The Balaban J connectivity index is 2.16. The maximum Gasteiger partial charge on any atom is 0.0506 e. The normalized spacial score (nSPS) is 10.1. The third kappa shape index (κ3) is 3.49. The second kappa shape index (κ2) is 5.72. The highest BCUT2D eigenvalue weighted by Crippen LogP contribution is 1.97. The molecule has 1 rings (SSSR count). The van der Waals surface area contributed by atoms with E-state index in [0.29, 0.717) is 0 Å². The van der Waals surface area contributed by atoms with Crippen LogP contribution < -0.4 is 0 Å². The summed E-state index contributed by atoms with van der Waals surface area (Å²) in [5.41, 5.74) is 1.29. The molecule has 0 atom stereocenters. The molecule has 0 bridgehead atoms. The van der Waals surface area contributed by atoms with Crippen molar-refractivity contribution in [2.75, 3.05) is 13.2 Å². The number of pyridine rings is 1. The fourth-order valence-electron chi connectivity index (χ4n) is 0.986. The molecule has 0 N–H and O–H groups in total. The molecule has 0 radical (unpaired) electrons. The van der Waals surface area contributed by atoms with Crippen LogP contribution in [0.15, 0.2) is 24.5 Å². The molecule has 0 amide bonds. The van der Waals surface area contributed by atoms with Gasteiger partial charge in [-0.15, -0.1) is 0 Å². The van der Waals surface area contributed by atoms with Crippen molar-refractivity contribution in [2.24, 2.45) is 0 Å². The molecule has 0 aliphatic heterocycles. The second-order valence-electron chi connectivity index (χ2n) is 2.72. The van der Waals surface area contributed by atoms with Crippen molar-refractivity contribution in [1.82, 2.24) is 4.98 Å². The van der Waals surface area contributed by atoms with Crippen molar-refractivity contribution in [3.63, 3.8) is 0 Å². The predicted octanol–water partition coefficient (Wildman–Crippen LogP) is 2.05. The Morgan fingerprint density at radius 1 is 1.25 bits per heavy atom. The molecule has 1 aromatic rings. The topological polar surface area (TPSA) is 22.1 Å². The van der Waals surface area contributed by atoms with Crippen molar-refractivity contribution >= 4 is 0 Å². The van der Waals surface area contributed by atoms with E-state index in [1.165, 1.54) is 5.56 Å². The lowest BCUT2D eigenvalue weighted by Crippen LogP contribution is -1.99. The van der Waals surface area contributed by atoms with Gasteiger partial charge >= 0.3 is 0 Å². The largest absolute Gasteiger partial charge is 0.381 e. The fourth-order valence-corrected chi connectivity index (χ4v) is 0.986. The van der Waals surface area contributed by atoms with Gasteiger partial charge in [-0.25, -0.2) is 0 Å². The first-order chi connectivity index (χ1) is 5.93. The average molecular weight is 165 g/mol. The summed E-state index contributed by atoms with van der Waals surface area (Å²) >= 11 is 0. The summed E-state index contributed by atoms with van der Waals surface area (Å²) in [6, 6.07) is 4.05. The highest BCUT2D eigenvalue weighted by molar-refractivity contribution is 5.09. The number of aromatic nitrogens is 1. The number of nitrogens with zero attached hydrogens (tertiary/aromatic N) is 1. The van der Waals surface area contributed by atoms with Gasteiger partial charge in [0.25, 0.3) is 0 Å². The van der Waals surface area contributed by atoms with E-state index in [9.17, 15) is 0 Å². The number of hydrogen-bond acceptors (Lipinski definition) is 2. The van der Waals surface area contributed by atoms with E-state index in [2.05, 4.69) is 11.9 Å². The van der Waals surface area contributed by atoms with Crippen LogP contribution in [0.2, 0.25) is 0 Å². The first-order valence-electron chi connectivity index (χ1n) is 4.40. The van der Waals surface area contributed by atoms with E-state index in [-0.39, 0.29) is 0 Å². The molecule has 0 saturated heterocycles. The molecular formula is C10H15NO. The Labute approximate surface area is 73.6 Å². The second-order valence-corrected chi connectivity index (χ2v) is 2.72. The number of rotatable bonds is 5. The minimum absolute atomic E-state index is 0.817. The van der Waals surface area contributed by atoms with Gasteiger partial charge in [0, 0.05) is 19.0 Å². The van der Waals surface area contributed by atoms with Gasteiger partial charge in [-0.1, -0.05) is 6.92 Å². The van der Waals surface area contributed by atoms with Gasteiger partial charge in [0.15, 0.2) is 0 Å². The van der Waals surface area contributed by atoms with Crippen LogP contribution in [0.4, 0.5) is 0 Å². The molecular weight excluding hydrogens is 150 g/mol. The van der Waals surface area contributed by atoms with Crippen LogP contribution in [0.1, 0.15) is 18.9 Å². The third-order valence-corrected chi connectivity index (χ3v) is 1.63. The Bertz CT molecular complexity index is 198. The molecule has 0 saturated carbocycles. The molecule has 0 aliphatic rings. The lowest BCUT2D eigenvalue weighted by Gasteiger charge is -2.01. The minimum Gasteiger partial charge on any atom is -0.381 e. The van der Waals surface area contributed by atoms with Crippen LogP contribution in [-0.4, -0.2) is 18.2 Å². The van der Waals surface area contributed by atoms with Crippen molar-refractivity contribution in [3.05, 3.63) is 30.1 Å². The van der Waals surface area contributed by atoms with E-state index in [4.69, 9.17) is 4.74 Å². The summed E-state index contributed by atoms with van der Waals surface area (Å²) in [4.78, 5) is 3.95. The summed E-state index contributed by atoms with van der Waals surface area (Å²) in [6.45, 7) is 3.80. The zero-order valence-electron chi connectivity index (χ0n) is 7.49. The first-order valence-corrected chi connectivity index (χ1v) is 4.40. The lowest BCUT2D eigenvalue weighted by molar-refractivity contribution is 0.138. The molecule has 0 aromatic carbocycles. The molecule has 0 spiro atoms. The molecule has 1 aromatic heterocycles. The zero-order valence-corrected chi connectivity index (χ0v) is 7.49. The molecule has 12 heavy (non-hydrogen) atoms. The van der Waals surface area contributed by atoms with E-state index in [1.807, 2.05) is 24.5 Å². The molecule has 0 unspecified atom stereocenters. The van der Waals surface area contributed by atoms with Gasteiger partial charge in [-0.05, 0) is 30.5 Å². The SMILES string of the molecule is CCCOCCc1ccncc1. The fraction of sp³-hybridized carbons (Fsp3) is 0.500. The van der Waals surface area contributed by atoms with Crippen LogP contribution in [0.25, 0.3) is 0 Å². The van der Waals surface area contributed by atoms with Crippen molar-refractivity contribution < 1.29 is 4.74 Å². The van der Waals surface area contributed by atoms with Gasteiger partial charge in [-0.2, -0.15) is 0 Å². The molecule has 2 heteroatoms. The average Bonchev–Trinajstić information content (AvgIpc) is 2.14. The summed E-state index contributed by atoms with van der Waals surface area (Å²) in [7, 11) is 0.